The van der Waals surface area contributed by atoms with Crippen molar-refractivity contribution < 1.29 is 0 Å². The summed E-state index contributed by atoms with van der Waals surface area (Å²) in [7, 11) is 2.08. The zero-order valence-corrected chi connectivity index (χ0v) is 11.7. The van der Waals surface area contributed by atoms with Crippen LogP contribution >= 0.6 is 0 Å². The van der Waals surface area contributed by atoms with Gasteiger partial charge in [0.15, 0.2) is 0 Å². The van der Waals surface area contributed by atoms with E-state index < -0.39 is 0 Å². The van der Waals surface area contributed by atoms with Gasteiger partial charge in [-0.05, 0) is 41.8 Å². The van der Waals surface area contributed by atoms with Gasteiger partial charge in [0.2, 0.25) is 0 Å². The van der Waals surface area contributed by atoms with E-state index in [0.29, 0.717) is 17.4 Å². The average molecular weight is 231 g/mol. The van der Waals surface area contributed by atoms with Gasteiger partial charge in [-0.3, -0.25) is 0 Å². The predicted octanol–water partition coefficient (Wildman–Crippen LogP) is 3.60. The van der Waals surface area contributed by atoms with Crippen molar-refractivity contribution in [3.05, 3.63) is 35.4 Å². The quantitative estimate of drug-likeness (QED) is 0.838. The van der Waals surface area contributed by atoms with Crippen LogP contribution in [0.3, 0.4) is 0 Å². The number of benzene rings is 1. The third-order valence-electron chi connectivity index (χ3n) is 4.71. The Morgan fingerprint density at radius 3 is 2.18 bits per heavy atom. The van der Waals surface area contributed by atoms with E-state index in [1.807, 2.05) is 0 Å². The molecule has 3 unspecified atom stereocenters. The monoisotopic (exact) mass is 231 g/mol. The molecule has 0 amide bonds. The van der Waals surface area contributed by atoms with Crippen molar-refractivity contribution in [2.75, 3.05) is 7.05 Å². The molecule has 1 saturated carbocycles. The second-order valence-corrected chi connectivity index (χ2v) is 6.02. The fourth-order valence-electron chi connectivity index (χ4n) is 3.95. The third-order valence-corrected chi connectivity index (χ3v) is 4.71. The van der Waals surface area contributed by atoms with Crippen molar-refractivity contribution in [1.82, 2.24) is 5.32 Å². The van der Waals surface area contributed by atoms with Gasteiger partial charge in [0.05, 0.1) is 0 Å². The molecule has 1 heteroatoms. The molecule has 1 fully saturated rings. The van der Waals surface area contributed by atoms with E-state index >= 15 is 0 Å². The normalized spacial score (nSPS) is 31.0. The molecule has 1 aliphatic carbocycles. The van der Waals surface area contributed by atoms with Crippen LogP contribution in [-0.2, 0) is 6.42 Å². The highest BCUT2D eigenvalue weighted by Crippen LogP contribution is 2.56. The van der Waals surface area contributed by atoms with E-state index in [-0.39, 0.29) is 0 Å². The molecule has 0 saturated heterocycles. The summed E-state index contributed by atoms with van der Waals surface area (Å²) in [5.41, 5.74) is 3.30. The van der Waals surface area contributed by atoms with Crippen LogP contribution in [0.5, 0.6) is 0 Å². The Morgan fingerprint density at radius 2 is 1.76 bits per heavy atom. The lowest BCUT2D eigenvalue weighted by Gasteiger charge is -2.58. The number of nitrogens with one attached hydrogen (secondary N) is 1. The molecular formula is C16H25N. The summed E-state index contributed by atoms with van der Waals surface area (Å²) in [5.74, 6) is 1.41. The summed E-state index contributed by atoms with van der Waals surface area (Å²) in [6.45, 7) is 9.34. The van der Waals surface area contributed by atoms with Crippen molar-refractivity contribution in [2.45, 2.75) is 46.1 Å². The Labute approximate surface area is 106 Å². The molecule has 0 heterocycles. The van der Waals surface area contributed by atoms with E-state index in [1.165, 1.54) is 11.1 Å². The first-order chi connectivity index (χ1) is 8.02. The molecule has 1 N–H and O–H groups in total. The van der Waals surface area contributed by atoms with Gasteiger partial charge in [0.1, 0.15) is 0 Å². The van der Waals surface area contributed by atoms with Crippen molar-refractivity contribution in [3.63, 3.8) is 0 Å². The summed E-state index contributed by atoms with van der Waals surface area (Å²) >= 11 is 0. The molecule has 0 radical (unpaired) electrons. The molecule has 1 aliphatic rings. The van der Waals surface area contributed by atoms with E-state index in [9.17, 15) is 0 Å². The second-order valence-electron chi connectivity index (χ2n) is 6.02. The van der Waals surface area contributed by atoms with Crippen LogP contribution in [0.15, 0.2) is 24.3 Å². The molecule has 94 valence electrons. The number of hydrogen-bond donors (Lipinski definition) is 1. The lowest BCUT2D eigenvalue weighted by Crippen LogP contribution is -2.60. The van der Waals surface area contributed by atoms with Gasteiger partial charge in [0.25, 0.3) is 0 Å². The molecule has 0 aliphatic heterocycles. The van der Waals surface area contributed by atoms with Crippen molar-refractivity contribution in [2.24, 2.45) is 11.3 Å². The van der Waals surface area contributed by atoms with Crippen molar-refractivity contribution >= 4 is 0 Å². The number of rotatable bonds is 3. The highest BCUT2D eigenvalue weighted by atomic mass is 14.9. The summed E-state index contributed by atoms with van der Waals surface area (Å²) in [4.78, 5) is 0. The molecule has 0 spiro atoms. The minimum Gasteiger partial charge on any atom is -0.316 e. The summed E-state index contributed by atoms with van der Waals surface area (Å²) in [5, 5.41) is 3.46. The predicted molar refractivity (Wildman–Crippen MR) is 74.4 cm³/mol. The zero-order valence-electron chi connectivity index (χ0n) is 11.7. The van der Waals surface area contributed by atoms with Gasteiger partial charge < -0.3 is 5.32 Å². The molecule has 17 heavy (non-hydrogen) atoms. The first-order valence-corrected chi connectivity index (χ1v) is 6.78. The van der Waals surface area contributed by atoms with Crippen LogP contribution < -0.4 is 5.32 Å². The van der Waals surface area contributed by atoms with Crippen LogP contribution in [0.4, 0.5) is 0 Å². The Morgan fingerprint density at radius 1 is 1.18 bits per heavy atom. The highest BCUT2D eigenvalue weighted by molar-refractivity contribution is 5.32. The molecule has 1 aromatic rings. The van der Waals surface area contributed by atoms with Gasteiger partial charge in [0, 0.05) is 6.04 Å². The molecule has 0 aromatic heterocycles. The first kappa shape index (κ1) is 12.6. The SMILES string of the molecule is CCc1ccc(C2C(C)C(NC)C2(C)C)cc1. The van der Waals surface area contributed by atoms with E-state index in [2.05, 4.69) is 64.3 Å². The van der Waals surface area contributed by atoms with Crippen LogP contribution in [0.2, 0.25) is 0 Å². The molecule has 1 aromatic carbocycles. The van der Waals surface area contributed by atoms with Gasteiger partial charge in [-0.15, -0.1) is 0 Å². The van der Waals surface area contributed by atoms with E-state index in [0.717, 1.165) is 12.3 Å². The Hall–Kier alpha value is -0.820. The maximum absolute atomic E-state index is 3.46. The Kier molecular flexibility index (Phi) is 3.31. The largest absolute Gasteiger partial charge is 0.316 e. The minimum atomic E-state index is 0.363. The highest BCUT2D eigenvalue weighted by Gasteiger charge is 2.53. The smallest absolute Gasteiger partial charge is 0.0153 e. The Balaban J connectivity index is 2.23. The van der Waals surface area contributed by atoms with E-state index in [1.54, 1.807) is 0 Å². The van der Waals surface area contributed by atoms with Crippen LogP contribution in [0.25, 0.3) is 0 Å². The van der Waals surface area contributed by atoms with Crippen molar-refractivity contribution in [1.29, 1.82) is 0 Å². The van der Waals surface area contributed by atoms with Gasteiger partial charge in [-0.25, -0.2) is 0 Å². The molecule has 2 rings (SSSR count). The van der Waals surface area contributed by atoms with E-state index in [4.69, 9.17) is 0 Å². The topological polar surface area (TPSA) is 12.0 Å². The molecular weight excluding hydrogens is 206 g/mol. The first-order valence-electron chi connectivity index (χ1n) is 6.78. The number of hydrogen-bond acceptors (Lipinski definition) is 1. The fourth-order valence-corrected chi connectivity index (χ4v) is 3.95. The zero-order chi connectivity index (χ0) is 12.6. The fraction of sp³-hybridized carbons (Fsp3) is 0.625. The molecule has 1 nitrogen and oxygen atoms in total. The average Bonchev–Trinajstić information content (AvgIpc) is 2.30. The lowest BCUT2D eigenvalue weighted by atomic mass is 9.50. The standard InChI is InChI=1S/C16H25N/c1-6-12-7-9-13(10-8-12)14-11(2)15(17-5)16(14,3)4/h7-11,14-15,17H,6H2,1-5H3. The van der Waals surface area contributed by atoms with Crippen LogP contribution in [-0.4, -0.2) is 13.1 Å². The maximum atomic E-state index is 3.46. The molecule has 0 bridgehead atoms. The van der Waals surface area contributed by atoms with Crippen LogP contribution in [0.1, 0.15) is 44.7 Å². The third kappa shape index (κ3) is 1.91. The van der Waals surface area contributed by atoms with Gasteiger partial charge in [-0.2, -0.15) is 0 Å². The molecule has 3 atom stereocenters. The van der Waals surface area contributed by atoms with Gasteiger partial charge in [-0.1, -0.05) is 52.0 Å². The summed E-state index contributed by atoms with van der Waals surface area (Å²) < 4.78 is 0. The van der Waals surface area contributed by atoms with Crippen LogP contribution in [0, 0.1) is 11.3 Å². The second kappa shape index (κ2) is 4.45. The lowest BCUT2D eigenvalue weighted by molar-refractivity contribution is 0.00508. The number of aryl methyl sites for hydroxylation is 1. The maximum Gasteiger partial charge on any atom is 0.0153 e. The Bertz CT molecular complexity index is 377. The van der Waals surface area contributed by atoms with Crippen molar-refractivity contribution in [3.8, 4) is 0 Å². The summed E-state index contributed by atoms with van der Waals surface area (Å²) in [6.07, 6.45) is 1.13. The van der Waals surface area contributed by atoms with Gasteiger partial charge >= 0.3 is 0 Å². The summed E-state index contributed by atoms with van der Waals surface area (Å²) in [6, 6.07) is 9.86. The minimum absolute atomic E-state index is 0.363.